The fraction of sp³-hybridized carbons (Fsp3) is 0.267. The summed E-state index contributed by atoms with van der Waals surface area (Å²) in [5.74, 6) is 0.700. The zero-order chi connectivity index (χ0) is 15.4. The van der Waals surface area contributed by atoms with Crippen LogP contribution in [0, 0.1) is 0 Å². The number of aromatic nitrogens is 4. The lowest BCUT2D eigenvalue weighted by Gasteiger charge is -2.14. The minimum Gasteiger partial charge on any atom is -0.364 e. The first-order chi connectivity index (χ1) is 10.8. The molecule has 0 spiro atoms. The van der Waals surface area contributed by atoms with E-state index in [0.717, 1.165) is 16.7 Å². The van der Waals surface area contributed by atoms with Gasteiger partial charge in [-0.05, 0) is 12.1 Å². The summed E-state index contributed by atoms with van der Waals surface area (Å²) in [6, 6.07) is 9.85. The van der Waals surface area contributed by atoms with Crippen LogP contribution in [0.15, 0.2) is 42.9 Å². The number of hydrogen-bond acceptors (Lipinski definition) is 6. The van der Waals surface area contributed by atoms with Crippen LogP contribution in [-0.4, -0.2) is 46.8 Å². The largest absolute Gasteiger partial charge is 0.364 e. The molecule has 7 nitrogen and oxygen atoms in total. The van der Waals surface area contributed by atoms with Crippen LogP contribution in [0.1, 0.15) is 0 Å². The molecule has 0 fully saturated rings. The Morgan fingerprint density at radius 3 is 2.64 bits per heavy atom. The average molecular weight is 299 g/mol. The van der Waals surface area contributed by atoms with Crippen molar-refractivity contribution >= 4 is 16.9 Å². The number of nitrogens with one attached hydrogen (secondary N) is 1. The Hall–Kier alpha value is -2.51. The van der Waals surface area contributed by atoms with Crippen molar-refractivity contribution in [2.45, 2.75) is 6.29 Å². The van der Waals surface area contributed by atoms with E-state index in [9.17, 15) is 0 Å². The molecule has 2 aromatic heterocycles. The van der Waals surface area contributed by atoms with E-state index in [1.54, 1.807) is 25.1 Å². The van der Waals surface area contributed by atoms with Gasteiger partial charge < -0.3 is 14.8 Å². The Kier molecular flexibility index (Phi) is 4.27. The van der Waals surface area contributed by atoms with Gasteiger partial charge in [0.1, 0.15) is 12.1 Å². The highest BCUT2D eigenvalue weighted by atomic mass is 16.7. The van der Waals surface area contributed by atoms with Gasteiger partial charge in [-0.2, -0.15) is 5.10 Å². The minimum absolute atomic E-state index is 0.339. The Labute approximate surface area is 127 Å². The Morgan fingerprint density at radius 1 is 1.14 bits per heavy atom. The van der Waals surface area contributed by atoms with Gasteiger partial charge in [0.15, 0.2) is 11.9 Å². The van der Waals surface area contributed by atoms with Gasteiger partial charge in [0.25, 0.3) is 0 Å². The first kappa shape index (κ1) is 14.4. The monoisotopic (exact) mass is 299 g/mol. The highest BCUT2D eigenvalue weighted by Crippen LogP contribution is 2.21. The highest BCUT2D eigenvalue weighted by Gasteiger charge is 2.12. The molecule has 2 heterocycles. The van der Waals surface area contributed by atoms with Crippen molar-refractivity contribution in [2.24, 2.45) is 0 Å². The molecule has 0 saturated heterocycles. The van der Waals surface area contributed by atoms with Crippen molar-refractivity contribution in [3.63, 3.8) is 0 Å². The first-order valence-electron chi connectivity index (χ1n) is 6.87. The summed E-state index contributed by atoms with van der Waals surface area (Å²) < 4.78 is 12.1. The maximum atomic E-state index is 5.16. The molecule has 0 bridgehead atoms. The molecule has 3 rings (SSSR count). The van der Waals surface area contributed by atoms with E-state index in [0.29, 0.717) is 12.4 Å². The van der Waals surface area contributed by atoms with Crippen molar-refractivity contribution in [1.82, 2.24) is 19.7 Å². The number of ether oxygens (including phenoxy) is 2. The Balaban J connectivity index is 1.92. The van der Waals surface area contributed by atoms with Crippen LogP contribution in [-0.2, 0) is 9.47 Å². The van der Waals surface area contributed by atoms with E-state index in [1.807, 2.05) is 30.3 Å². The second-order valence-electron chi connectivity index (χ2n) is 4.63. The van der Waals surface area contributed by atoms with E-state index in [1.165, 1.54) is 6.33 Å². The molecule has 114 valence electrons. The number of methoxy groups -OCH3 is 2. The van der Waals surface area contributed by atoms with Crippen molar-refractivity contribution < 1.29 is 9.47 Å². The number of rotatable bonds is 6. The van der Waals surface area contributed by atoms with Gasteiger partial charge in [-0.3, -0.25) is 0 Å². The Bertz CT molecular complexity index is 740. The smallest absolute Gasteiger partial charge is 0.173 e. The summed E-state index contributed by atoms with van der Waals surface area (Å²) in [6.07, 6.45) is 2.92. The molecular weight excluding hydrogens is 282 g/mol. The topological polar surface area (TPSA) is 74.1 Å². The number of hydrogen-bond donors (Lipinski definition) is 1. The van der Waals surface area contributed by atoms with Gasteiger partial charge in [0.05, 0.1) is 23.8 Å². The lowest BCUT2D eigenvalue weighted by atomic mass is 10.3. The minimum atomic E-state index is -0.339. The van der Waals surface area contributed by atoms with Crippen molar-refractivity contribution in [1.29, 1.82) is 0 Å². The summed E-state index contributed by atoms with van der Waals surface area (Å²) in [7, 11) is 3.19. The van der Waals surface area contributed by atoms with Crippen LogP contribution in [0.2, 0.25) is 0 Å². The predicted molar refractivity (Wildman–Crippen MR) is 83.0 cm³/mol. The quantitative estimate of drug-likeness (QED) is 0.700. The normalized spacial score (nSPS) is 11.2. The molecule has 0 amide bonds. The number of benzene rings is 1. The molecule has 0 radical (unpaired) electrons. The van der Waals surface area contributed by atoms with E-state index in [4.69, 9.17) is 9.47 Å². The average Bonchev–Trinajstić information content (AvgIpc) is 3.01. The molecule has 1 aromatic carbocycles. The predicted octanol–water partition coefficient (Wildman–Crippen LogP) is 1.85. The molecule has 0 saturated carbocycles. The zero-order valence-electron chi connectivity index (χ0n) is 12.4. The number of anilines is 1. The third-order valence-electron chi connectivity index (χ3n) is 3.33. The van der Waals surface area contributed by atoms with Crippen LogP contribution >= 0.6 is 0 Å². The standard InChI is InChI=1S/C15H17N5O2/c1-21-13(22-2)9-16-14-12-8-19-20(15(12)18-10-17-14)11-6-4-3-5-7-11/h3-8,10,13H,9H2,1-2H3,(H,16,17,18). The highest BCUT2D eigenvalue weighted by molar-refractivity contribution is 5.87. The molecule has 0 atom stereocenters. The summed E-state index contributed by atoms with van der Waals surface area (Å²) in [4.78, 5) is 8.60. The molecule has 0 aliphatic rings. The molecule has 7 heteroatoms. The molecule has 0 aliphatic heterocycles. The van der Waals surface area contributed by atoms with Crippen LogP contribution in [0.25, 0.3) is 16.7 Å². The maximum Gasteiger partial charge on any atom is 0.173 e. The summed E-state index contributed by atoms with van der Waals surface area (Å²) in [5, 5.41) is 8.45. The van der Waals surface area contributed by atoms with Crippen molar-refractivity contribution in [3.8, 4) is 5.69 Å². The molecule has 0 aliphatic carbocycles. The Morgan fingerprint density at radius 2 is 1.91 bits per heavy atom. The van der Waals surface area contributed by atoms with Crippen LogP contribution < -0.4 is 5.32 Å². The fourth-order valence-electron chi connectivity index (χ4n) is 2.19. The molecule has 22 heavy (non-hydrogen) atoms. The second-order valence-corrected chi connectivity index (χ2v) is 4.63. The number of nitrogens with zero attached hydrogens (tertiary/aromatic N) is 4. The number of fused-ring (bicyclic) bond motifs is 1. The third-order valence-corrected chi connectivity index (χ3v) is 3.33. The van der Waals surface area contributed by atoms with Crippen molar-refractivity contribution in [3.05, 3.63) is 42.9 Å². The SMILES string of the molecule is COC(CNc1ncnc2c1cnn2-c1ccccc1)OC. The zero-order valence-corrected chi connectivity index (χ0v) is 12.4. The van der Waals surface area contributed by atoms with Gasteiger partial charge >= 0.3 is 0 Å². The van der Waals surface area contributed by atoms with Gasteiger partial charge in [0.2, 0.25) is 0 Å². The van der Waals surface area contributed by atoms with E-state index in [2.05, 4.69) is 20.4 Å². The van der Waals surface area contributed by atoms with Crippen LogP contribution in [0.3, 0.4) is 0 Å². The third kappa shape index (κ3) is 2.76. The fourth-order valence-corrected chi connectivity index (χ4v) is 2.19. The molecule has 1 N–H and O–H groups in total. The summed E-state index contributed by atoms with van der Waals surface area (Å²) in [5.41, 5.74) is 1.70. The number of para-hydroxylation sites is 1. The van der Waals surface area contributed by atoms with Gasteiger partial charge in [-0.15, -0.1) is 0 Å². The van der Waals surface area contributed by atoms with Gasteiger partial charge in [-0.1, -0.05) is 18.2 Å². The first-order valence-corrected chi connectivity index (χ1v) is 6.87. The lowest BCUT2D eigenvalue weighted by molar-refractivity contribution is -0.0914. The van der Waals surface area contributed by atoms with Crippen LogP contribution in [0.5, 0.6) is 0 Å². The van der Waals surface area contributed by atoms with Gasteiger partial charge in [-0.25, -0.2) is 14.6 Å². The summed E-state index contributed by atoms with van der Waals surface area (Å²) in [6.45, 7) is 0.482. The van der Waals surface area contributed by atoms with Gasteiger partial charge in [0, 0.05) is 14.2 Å². The molecule has 3 aromatic rings. The van der Waals surface area contributed by atoms with Crippen LogP contribution in [0.4, 0.5) is 5.82 Å². The lowest BCUT2D eigenvalue weighted by Crippen LogP contribution is -2.24. The van der Waals surface area contributed by atoms with E-state index in [-0.39, 0.29) is 6.29 Å². The second kappa shape index (κ2) is 6.50. The molecule has 0 unspecified atom stereocenters. The summed E-state index contributed by atoms with van der Waals surface area (Å²) >= 11 is 0. The maximum absolute atomic E-state index is 5.16. The van der Waals surface area contributed by atoms with E-state index >= 15 is 0 Å². The van der Waals surface area contributed by atoms with Crippen molar-refractivity contribution in [2.75, 3.05) is 26.1 Å². The molecular formula is C15H17N5O2. The van der Waals surface area contributed by atoms with E-state index < -0.39 is 0 Å².